The Balaban J connectivity index is 1.65. The molecule has 0 spiro atoms. The van der Waals surface area contributed by atoms with Crippen LogP contribution in [0.5, 0.6) is 5.75 Å². The standard InChI is InChI=1S/C32H27N3O2/c1-3-27(22-14-17-26(18-15-22)34-25-10-6-5-7-11-25)32(23-16-19-29-24(20-23)21-33-35-29)28-12-8-9-13-30(28)37-31(36)4-2/h4-21,34H,2-3H2,1H3,(H,33,35)/b32-27+. The lowest BCUT2D eigenvalue weighted by molar-refractivity contribution is -0.128. The molecule has 0 aliphatic carbocycles. The highest BCUT2D eigenvalue weighted by molar-refractivity contribution is 6.02. The minimum Gasteiger partial charge on any atom is -0.423 e. The Hall–Kier alpha value is -4.90. The average molecular weight is 486 g/mol. The van der Waals surface area contributed by atoms with Crippen LogP contribution >= 0.6 is 0 Å². The number of aromatic amines is 1. The summed E-state index contributed by atoms with van der Waals surface area (Å²) >= 11 is 0. The highest BCUT2D eigenvalue weighted by atomic mass is 16.5. The van der Waals surface area contributed by atoms with Gasteiger partial charge >= 0.3 is 5.97 Å². The Morgan fingerprint density at radius 3 is 2.38 bits per heavy atom. The summed E-state index contributed by atoms with van der Waals surface area (Å²) in [5.41, 5.74) is 8.08. The lowest BCUT2D eigenvalue weighted by Gasteiger charge is -2.19. The van der Waals surface area contributed by atoms with Gasteiger partial charge in [0.15, 0.2) is 0 Å². The van der Waals surface area contributed by atoms with Gasteiger partial charge in [-0.05, 0) is 71.2 Å². The number of hydrogen-bond donors (Lipinski definition) is 2. The smallest absolute Gasteiger partial charge is 0.335 e. The van der Waals surface area contributed by atoms with Crippen molar-refractivity contribution in [3.05, 3.63) is 133 Å². The summed E-state index contributed by atoms with van der Waals surface area (Å²) in [6.07, 6.45) is 3.76. The molecule has 0 atom stereocenters. The number of benzene rings is 4. The molecular formula is C32H27N3O2. The van der Waals surface area contributed by atoms with Crippen LogP contribution in [0.1, 0.15) is 30.0 Å². The minimum absolute atomic E-state index is 0.489. The quantitative estimate of drug-likeness (QED) is 0.102. The number of aromatic nitrogens is 2. The van der Waals surface area contributed by atoms with Crippen molar-refractivity contribution < 1.29 is 9.53 Å². The Bertz CT molecular complexity index is 1580. The molecule has 182 valence electrons. The molecule has 0 amide bonds. The molecule has 1 heterocycles. The predicted octanol–water partition coefficient (Wildman–Crippen LogP) is 7.77. The lowest BCUT2D eigenvalue weighted by atomic mass is 9.87. The molecule has 5 rings (SSSR count). The van der Waals surface area contributed by atoms with E-state index in [1.165, 1.54) is 6.08 Å². The number of carbonyl (C=O) groups excluding carboxylic acids is 1. The predicted molar refractivity (Wildman–Crippen MR) is 151 cm³/mol. The van der Waals surface area contributed by atoms with Gasteiger partial charge in [0, 0.05) is 28.4 Å². The maximum atomic E-state index is 12.2. The van der Waals surface area contributed by atoms with Crippen molar-refractivity contribution in [2.45, 2.75) is 13.3 Å². The van der Waals surface area contributed by atoms with Gasteiger partial charge in [0.05, 0.1) is 11.7 Å². The van der Waals surface area contributed by atoms with Crippen LogP contribution in [0.2, 0.25) is 0 Å². The molecule has 0 aliphatic heterocycles. The lowest BCUT2D eigenvalue weighted by Crippen LogP contribution is -2.06. The van der Waals surface area contributed by atoms with E-state index in [4.69, 9.17) is 4.74 Å². The van der Waals surface area contributed by atoms with Crippen molar-refractivity contribution in [2.75, 3.05) is 5.32 Å². The zero-order chi connectivity index (χ0) is 25.6. The second-order valence-corrected chi connectivity index (χ2v) is 8.57. The molecule has 0 saturated heterocycles. The van der Waals surface area contributed by atoms with Crippen LogP contribution in [0.15, 0.2) is 116 Å². The van der Waals surface area contributed by atoms with Crippen LogP contribution < -0.4 is 10.1 Å². The van der Waals surface area contributed by atoms with Gasteiger partial charge < -0.3 is 10.1 Å². The maximum Gasteiger partial charge on any atom is 0.335 e. The zero-order valence-electron chi connectivity index (χ0n) is 20.6. The maximum absolute atomic E-state index is 12.2. The first kappa shape index (κ1) is 23.8. The van der Waals surface area contributed by atoms with Gasteiger partial charge in [-0.2, -0.15) is 5.10 Å². The number of nitrogens with one attached hydrogen (secondary N) is 2. The van der Waals surface area contributed by atoms with Gasteiger partial charge in [-0.25, -0.2) is 4.79 Å². The number of para-hydroxylation sites is 2. The summed E-state index contributed by atoms with van der Waals surface area (Å²) in [5.74, 6) is -0.00511. The molecule has 2 N–H and O–H groups in total. The minimum atomic E-state index is -0.494. The Kier molecular flexibility index (Phi) is 6.95. The van der Waals surface area contributed by atoms with Gasteiger partial charge in [0.2, 0.25) is 0 Å². The van der Waals surface area contributed by atoms with E-state index in [9.17, 15) is 4.79 Å². The number of nitrogens with zero attached hydrogens (tertiary/aromatic N) is 1. The third-order valence-electron chi connectivity index (χ3n) is 6.21. The number of fused-ring (bicyclic) bond motifs is 1. The summed E-state index contributed by atoms with van der Waals surface area (Å²) in [6, 6.07) is 32.3. The number of carbonyl (C=O) groups is 1. The molecule has 0 unspecified atom stereocenters. The number of rotatable bonds is 8. The van der Waals surface area contributed by atoms with E-state index in [1.54, 1.807) is 0 Å². The largest absolute Gasteiger partial charge is 0.423 e. The molecule has 0 fully saturated rings. The number of esters is 1. The molecule has 5 aromatic rings. The van der Waals surface area contributed by atoms with E-state index in [-0.39, 0.29) is 0 Å². The van der Waals surface area contributed by atoms with Crippen LogP contribution in [-0.4, -0.2) is 16.2 Å². The second kappa shape index (κ2) is 10.8. The Morgan fingerprint density at radius 1 is 0.919 bits per heavy atom. The van der Waals surface area contributed by atoms with E-state index in [2.05, 4.69) is 65.4 Å². The van der Waals surface area contributed by atoms with Crippen LogP contribution in [-0.2, 0) is 4.79 Å². The Labute approximate surface area is 216 Å². The third-order valence-corrected chi connectivity index (χ3v) is 6.21. The molecule has 5 nitrogen and oxygen atoms in total. The number of H-pyrrole nitrogens is 1. The fourth-order valence-corrected chi connectivity index (χ4v) is 4.47. The van der Waals surface area contributed by atoms with Gasteiger partial charge in [0.1, 0.15) is 5.75 Å². The van der Waals surface area contributed by atoms with E-state index >= 15 is 0 Å². The SMILES string of the molecule is C=CC(=O)Oc1ccccc1/C(=C(\CC)c1ccc(Nc2ccccc2)cc1)c1ccc2[nH]ncc2c1. The van der Waals surface area contributed by atoms with Crippen LogP contribution in [0.4, 0.5) is 11.4 Å². The van der Waals surface area contributed by atoms with Crippen LogP contribution in [0.25, 0.3) is 22.0 Å². The van der Waals surface area contributed by atoms with E-state index < -0.39 is 5.97 Å². The number of anilines is 2. The van der Waals surface area contributed by atoms with E-state index in [1.807, 2.05) is 66.9 Å². The zero-order valence-corrected chi connectivity index (χ0v) is 20.6. The van der Waals surface area contributed by atoms with Crippen molar-refractivity contribution in [1.29, 1.82) is 0 Å². The number of allylic oxidation sites excluding steroid dienone is 1. The number of ether oxygens (including phenoxy) is 1. The summed E-state index contributed by atoms with van der Waals surface area (Å²) in [4.78, 5) is 12.2. The van der Waals surface area contributed by atoms with E-state index in [0.717, 1.165) is 56.5 Å². The monoisotopic (exact) mass is 485 g/mol. The molecular weight excluding hydrogens is 458 g/mol. The molecule has 0 saturated carbocycles. The molecule has 5 heteroatoms. The fraction of sp³-hybridized carbons (Fsp3) is 0.0625. The molecule has 0 aliphatic rings. The summed E-state index contributed by atoms with van der Waals surface area (Å²) in [6.45, 7) is 5.69. The molecule has 4 aromatic carbocycles. The summed E-state index contributed by atoms with van der Waals surface area (Å²) < 4.78 is 5.67. The van der Waals surface area contributed by atoms with Crippen LogP contribution in [0, 0.1) is 0 Å². The summed E-state index contributed by atoms with van der Waals surface area (Å²) in [5, 5.41) is 11.6. The van der Waals surface area contributed by atoms with Crippen molar-refractivity contribution >= 4 is 39.4 Å². The normalized spacial score (nSPS) is 11.6. The molecule has 1 aromatic heterocycles. The highest BCUT2D eigenvalue weighted by Gasteiger charge is 2.18. The third kappa shape index (κ3) is 5.21. The fourth-order valence-electron chi connectivity index (χ4n) is 4.47. The molecule has 0 bridgehead atoms. The van der Waals surface area contributed by atoms with Gasteiger partial charge in [-0.1, -0.05) is 68.1 Å². The highest BCUT2D eigenvalue weighted by Crippen LogP contribution is 2.39. The Morgan fingerprint density at radius 2 is 1.62 bits per heavy atom. The van der Waals surface area contributed by atoms with Crippen molar-refractivity contribution in [3.63, 3.8) is 0 Å². The number of hydrogen-bond acceptors (Lipinski definition) is 4. The average Bonchev–Trinajstić information content (AvgIpc) is 3.41. The van der Waals surface area contributed by atoms with Crippen LogP contribution in [0.3, 0.4) is 0 Å². The summed E-state index contributed by atoms with van der Waals surface area (Å²) in [7, 11) is 0. The van der Waals surface area contributed by atoms with Crippen molar-refractivity contribution in [3.8, 4) is 5.75 Å². The van der Waals surface area contributed by atoms with E-state index in [0.29, 0.717) is 5.75 Å². The van der Waals surface area contributed by atoms with Gasteiger partial charge in [-0.3, -0.25) is 5.10 Å². The second-order valence-electron chi connectivity index (χ2n) is 8.57. The molecule has 37 heavy (non-hydrogen) atoms. The first-order valence-electron chi connectivity index (χ1n) is 12.2. The van der Waals surface area contributed by atoms with Crippen molar-refractivity contribution in [2.24, 2.45) is 0 Å². The van der Waals surface area contributed by atoms with Crippen molar-refractivity contribution in [1.82, 2.24) is 10.2 Å². The molecule has 0 radical (unpaired) electrons. The first-order valence-corrected chi connectivity index (χ1v) is 12.2. The first-order chi connectivity index (χ1) is 18.2. The van der Waals surface area contributed by atoms with Gasteiger partial charge in [-0.15, -0.1) is 0 Å². The topological polar surface area (TPSA) is 67.0 Å². The van der Waals surface area contributed by atoms with Gasteiger partial charge in [0.25, 0.3) is 0 Å².